The number of phenols is 1. The number of aromatic nitrogens is 1. The molecule has 1 heterocycles. The third kappa shape index (κ3) is 4.56. The number of pyridine rings is 1. The molecule has 0 unspecified atom stereocenters. The number of non-ortho nitro benzene ring substituents is 1. The standard InChI is InChI=1S/C15H15N3O5.ClH/c1-9-3-6-13(19)15(16-9)10(2)17-23-8-11-4-5-12(18(21)22)7-14(11)20;/h3-7,19-20H,8H2,1-2H3;1H. The number of nitro groups is 1. The number of aromatic hydroxyl groups is 2. The Labute approximate surface area is 144 Å². The van der Waals surface area contributed by atoms with Crippen LogP contribution in [0.3, 0.4) is 0 Å². The van der Waals surface area contributed by atoms with Crippen molar-refractivity contribution in [1.82, 2.24) is 4.98 Å². The molecule has 2 rings (SSSR count). The van der Waals surface area contributed by atoms with Crippen LogP contribution >= 0.6 is 0 Å². The molecule has 0 atom stereocenters. The third-order valence-electron chi connectivity index (χ3n) is 3.10. The summed E-state index contributed by atoms with van der Waals surface area (Å²) in [6.45, 7) is 3.46. The highest BCUT2D eigenvalue weighted by Crippen LogP contribution is 2.23. The van der Waals surface area contributed by atoms with Crippen molar-refractivity contribution in [2.45, 2.75) is 20.5 Å². The minimum absolute atomic E-state index is 0. The highest BCUT2D eigenvalue weighted by Gasteiger charge is 2.14. The van der Waals surface area contributed by atoms with Crippen LogP contribution in [0.1, 0.15) is 23.9 Å². The van der Waals surface area contributed by atoms with Crippen LogP contribution < -0.4 is 17.6 Å². The van der Waals surface area contributed by atoms with Gasteiger partial charge in [0.05, 0.1) is 11.0 Å². The van der Waals surface area contributed by atoms with Gasteiger partial charge in [0, 0.05) is 24.2 Å². The Bertz CT molecular complexity index is 780. The van der Waals surface area contributed by atoms with E-state index in [-0.39, 0.29) is 36.2 Å². The quantitative estimate of drug-likeness (QED) is 0.317. The first-order valence-electron chi connectivity index (χ1n) is 6.73. The number of hydrogen-bond acceptors (Lipinski definition) is 6. The van der Waals surface area contributed by atoms with Gasteiger partial charge in [0.15, 0.2) is 12.3 Å². The Kier molecular flexibility index (Phi) is 6.48. The molecule has 1 aromatic heterocycles. The maximum absolute atomic E-state index is 10.6. The average Bonchev–Trinajstić information content (AvgIpc) is 2.50. The number of nitrogens with zero attached hydrogens (tertiary/aromatic N) is 2. The van der Waals surface area contributed by atoms with Gasteiger partial charge in [-0.15, -0.1) is 0 Å². The number of halogens is 1. The number of aryl methyl sites for hydroxylation is 1. The number of hydrogen-bond donors (Lipinski definition) is 3. The van der Waals surface area contributed by atoms with Crippen molar-refractivity contribution in [2.24, 2.45) is 0 Å². The lowest BCUT2D eigenvalue weighted by Gasteiger charge is -2.02. The minimum atomic E-state index is -0.591. The number of benzene rings is 1. The van der Waals surface area contributed by atoms with Gasteiger partial charge in [0.25, 0.3) is 11.4 Å². The SMILES string of the molecule is CC(=[NH+]OCc1ccc([N+](=O)[O-])cc1O)c1nc(C)ccc1O.[Cl-]. The van der Waals surface area contributed by atoms with E-state index >= 15 is 0 Å². The topological polar surface area (TPSA) is 120 Å². The Morgan fingerprint density at radius 1 is 1.29 bits per heavy atom. The van der Waals surface area contributed by atoms with Crippen LogP contribution in [-0.2, 0) is 11.4 Å². The monoisotopic (exact) mass is 353 g/mol. The second kappa shape index (κ2) is 8.11. The third-order valence-corrected chi connectivity index (χ3v) is 3.10. The molecule has 0 spiro atoms. The average molecular weight is 354 g/mol. The van der Waals surface area contributed by atoms with Crippen LogP contribution in [0.4, 0.5) is 5.69 Å². The van der Waals surface area contributed by atoms with Gasteiger partial charge in [-0.05, 0) is 30.3 Å². The van der Waals surface area contributed by atoms with E-state index in [4.69, 9.17) is 4.84 Å². The summed E-state index contributed by atoms with van der Waals surface area (Å²) in [5, 5.41) is 32.7. The first-order chi connectivity index (χ1) is 10.9. The van der Waals surface area contributed by atoms with Gasteiger partial charge in [0.2, 0.25) is 0 Å². The van der Waals surface area contributed by atoms with E-state index in [0.717, 1.165) is 11.8 Å². The Balaban J connectivity index is 0.00000288. The molecule has 3 N–H and O–H groups in total. The maximum atomic E-state index is 10.6. The maximum Gasteiger partial charge on any atom is 0.273 e. The summed E-state index contributed by atoms with van der Waals surface area (Å²) in [6, 6.07) is 6.96. The fraction of sp³-hybridized carbons (Fsp3) is 0.200. The molecule has 0 aliphatic heterocycles. The summed E-state index contributed by atoms with van der Waals surface area (Å²) in [6.07, 6.45) is 0. The summed E-state index contributed by atoms with van der Waals surface area (Å²) < 4.78 is 0. The first-order valence-corrected chi connectivity index (χ1v) is 6.73. The van der Waals surface area contributed by atoms with Gasteiger partial charge in [-0.3, -0.25) is 15.0 Å². The van der Waals surface area contributed by atoms with Crippen LogP contribution in [0.15, 0.2) is 30.3 Å². The smallest absolute Gasteiger partial charge is 0.273 e. The number of nitrogens with one attached hydrogen (secondary N) is 1. The number of rotatable bonds is 5. The van der Waals surface area contributed by atoms with Gasteiger partial charge in [0.1, 0.15) is 11.5 Å². The Morgan fingerprint density at radius 2 is 2.00 bits per heavy atom. The minimum Gasteiger partial charge on any atom is -1.00 e. The van der Waals surface area contributed by atoms with Crippen LogP contribution in [-0.4, -0.2) is 25.8 Å². The summed E-state index contributed by atoms with van der Waals surface area (Å²) in [7, 11) is 0. The van der Waals surface area contributed by atoms with E-state index in [0.29, 0.717) is 17.0 Å². The molecular formula is C15H16ClN3O5. The zero-order chi connectivity index (χ0) is 17.0. The second-order valence-corrected chi connectivity index (χ2v) is 4.91. The summed E-state index contributed by atoms with van der Waals surface area (Å²) in [5.41, 5.74) is 1.78. The zero-order valence-corrected chi connectivity index (χ0v) is 13.7. The van der Waals surface area contributed by atoms with Crippen molar-refractivity contribution < 1.29 is 37.5 Å². The molecule has 9 heteroatoms. The van der Waals surface area contributed by atoms with E-state index in [1.165, 1.54) is 18.2 Å². The molecule has 0 aliphatic carbocycles. The molecule has 0 amide bonds. The molecule has 0 saturated carbocycles. The zero-order valence-electron chi connectivity index (χ0n) is 13.0. The molecule has 0 fully saturated rings. The van der Waals surface area contributed by atoms with Crippen LogP contribution in [0.25, 0.3) is 0 Å². The normalized spacial score (nSPS) is 10.8. The molecule has 1 aromatic carbocycles. The van der Waals surface area contributed by atoms with Gasteiger partial charge in [-0.25, -0.2) is 4.98 Å². The Morgan fingerprint density at radius 3 is 2.62 bits per heavy atom. The van der Waals surface area contributed by atoms with Crippen molar-refractivity contribution in [1.29, 1.82) is 0 Å². The fourth-order valence-electron chi connectivity index (χ4n) is 1.88. The van der Waals surface area contributed by atoms with Gasteiger partial charge >= 0.3 is 0 Å². The van der Waals surface area contributed by atoms with E-state index in [9.17, 15) is 20.3 Å². The Hall–Kier alpha value is -2.87. The van der Waals surface area contributed by atoms with Crippen LogP contribution in [0.5, 0.6) is 11.5 Å². The molecule has 0 saturated heterocycles. The van der Waals surface area contributed by atoms with Gasteiger partial charge < -0.3 is 22.6 Å². The van der Waals surface area contributed by atoms with Crippen molar-refractivity contribution in [3.8, 4) is 11.5 Å². The number of nitro benzene ring substituents is 1. The molecule has 24 heavy (non-hydrogen) atoms. The molecule has 0 bridgehead atoms. The largest absolute Gasteiger partial charge is 1.00 e. The molecule has 0 aliphatic rings. The van der Waals surface area contributed by atoms with Gasteiger partial charge in [-0.2, -0.15) is 0 Å². The van der Waals surface area contributed by atoms with E-state index in [2.05, 4.69) is 10.1 Å². The lowest BCUT2D eigenvalue weighted by Crippen LogP contribution is -3.00. The predicted octanol–water partition coefficient (Wildman–Crippen LogP) is -2.27. The fourth-order valence-corrected chi connectivity index (χ4v) is 1.88. The summed E-state index contributed by atoms with van der Waals surface area (Å²) >= 11 is 0. The van der Waals surface area contributed by atoms with Crippen molar-refractivity contribution in [2.75, 3.05) is 0 Å². The van der Waals surface area contributed by atoms with Crippen molar-refractivity contribution >= 4 is 11.4 Å². The van der Waals surface area contributed by atoms with Crippen LogP contribution in [0, 0.1) is 17.0 Å². The van der Waals surface area contributed by atoms with Crippen LogP contribution in [0.2, 0.25) is 0 Å². The molecule has 2 aromatic rings. The predicted molar refractivity (Wildman–Crippen MR) is 80.9 cm³/mol. The molecule has 128 valence electrons. The van der Waals surface area contributed by atoms with Crippen molar-refractivity contribution in [3.63, 3.8) is 0 Å². The summed E-state index contributed by atoms with van der Waals surface area (Å²) in [4.78, 5) is 19.4. The molecular weight excluding hydrogens is 338 g/mol. The highest BCUT2D eigenvalue weighted by molar-refractivity contribution is 5.94. The van der Waals surface area contributed by atoms with Crippen molar-refractivity contribution in [3.05, 3.63) is 57.4 Å². The van der Waals surface area contributed by atoms with E-state index in [1.54, 1.807) is 19.9 Å². The lowest BCUT2D eigenvalue weighted by atomic mass is 10.2. The lowest BCUT2D eigenvalue weighted by molar-refractivity contribution is -0.758. The number of phenolic OH excluding ortho intramolecular Hbond substituents is 1. The van der Waals surface area contributed by atoms with E-state index in [1.807, 2.05) is 0 Å². The highest BCUT2D eigenvalue weighted by atomic mass is 35.5. The van der Waals surface area contributed by atoms with Gasteiger partial charge in [-0.1, -0.05) is 0 Å². The molecule has 0 radical (unpaired) electrons. The molecule has 8 nitrogen and oxygen atoms in total. The second-order valence-electron chi connectivity index (χ2n) is 4.91. The first kappa shape index (κ1) is 19.2. The van der Waals surface area contributed by atoms with E-state index < -0.39 is 4.92 Å². The summed E-state index contributed by atoms with van der Waals surface area (Å²) in [5.74, 6) is -0.211.